The number of nitrogens with two attached hydrogens (primary N) is 1. The van der Waals surface area contributed by atoms with E-state index in [0.717, 1.165) is 52.0 Å². The summed E-state index contributed by atoms with van der Waals surface area (Å²) in [7, 11) is 0. The molecule has 0 aromatic rings. The molecule has 0 radical (unpaired) electrons. The van der Waals surface area contributed by atoms with Gasteiger partial charge in [-0.3, -0.25) is 4.90 Å². The lowest BCUT2D eigenvalue weighted by Crippen LogP contribution is -2.54. The van der Waals surface area contributed by atoms with E-state index in [-0.39, 0.29) is 5.54 Å². The van der Waals surface area contributed by atoms with Gasteiger partial charge in [0.15, 0.2) is 0 Å². The summed E-state index contributed by atoms with van der Waals surface area (Å²) in [6.45, 7) is 12.2. The van der Waals surface area contributed by atoms with Crippen molar-refractivity contribution in [2.75, 3.05) is 46.1 Å². The molecule has 1 aliphatic rings. The third-order valence-electron chi connectivity index (χ3n) is 4.30. The molecule has 2 atom stereocenters. The molecule has 114 valence electrons. The van der Waals surface area contributed by atoms with Crippen LogP contribution in [0, 0.1) is 5.92 Å². The van der Waals surface area contributed by atoms with Crippen LogP contribution < -0.4 is 5.73 Å². The van der Waals surface area contributed by atoms with E-state index in [1.807, 2.05) is 13.8 Å². The van der Waals surface area contributed by atoms with Gasteiger partial charge < -0.3 is 15.2 Å². The van der Waals surface area contributed by atoms with Crippen molar-refractivity contribution in [2.45, 2.75) is 45.6 Å². The van der Waals surface area contributed by atoms with E-state index >= 15 is 0 Å². The molecule has 1 fully saturated rings. The minimum Gasteiger partial charge on any atom is -0.380 e. The summed E-state index contributed by atoms with van der Waals surface area (Å²) < 4.78 is 11.0. The molecule has 1 saturated carbocycles. The Morgan fingerprint density at radius 2 is 1.74 bits per heavy atom. The van der Waals surface area contributed by atoms with Gasteiger partial charge in [0.25, 0.3) is 0 Å². The second-order valence-corrected chi connectivity index (χ2v) is 5.66. The van der Waals surface area contributed by atoms with E-state index in [1.54, 1.807) is 0 Å². The molecular formula is C15H32N2O2. The molecular weight excluding hydrogens is 240 g/mol. The summed E-state index contributed by atoms with van der Waals surface area (Å²) in [5, 5.41) is 0. The zero-order valence-corrected chi connectivity index (χ0v) is 13.0. The van der Waals surface area contributed by atoms with E-state index in [1.165, 1.54) is 19.3 Å². The highest BCUT2D eigenvalue weighted by atomic mass is 16.5. The molecule has 4 heteroatoms. The van der Waals surface area contributed by atoms with Crippen molar-refractivity contribution < 1.29 is 9.47 Å². The fourth-order valence-electron chi connectivity index (χ4n) is 3.19. The van der Waals surface area contributed by atoms with E-state index < -0.39 is 0 Å². The Morgan fingerprint density at radius 3 is 2.11 bits per heavy atom. The van der Waals surface area contributed by atoms with E-state index in [4.69, 9.17) is 15.2 Å². The Bertz CT molecular complexity index is 228. The molecule has 1 aliphatic carbocycles. The van der Waals surface area contributed by atoms with Gasteiger partial charge in [-0.05, 0) is 39.0 Å². The minimum atomic E-state index is 0.174. The van der Waals surface area contributed by atoms with Crippen molar-refractivity contribution in [3.05, 3.63) is 0 Å². The largest absolute Gasteiger partial charge is 0.380 e. The summed E-state index contributed by atoms with van der Waals surface area (Å²) >= 11 is 0. The summed E-state index contributed by atoms with van der Waals surface area (Å²) in [6.07, 6.45) is 3.71. The fourth-order valence-corrected chi connectivity index (χ4v) is 3.19. The maximum Gasteiger partial charge on any atom is 0.0593 e. The van der Waals surface area contributed by atoms with E-state index in [0.29, 0.717) is 0 Å². The average molecular weight is 272 g/mol. The predicted molar refractivity (Wildman–Crippen MR) is 79.4 cm³/mol. The highest BCUT2D eigenvalue weighted by molar-refractivity contribution is 4.98. The topological polar surface area (TPSA) is 47.7 Å². The maximum atomic E-state index is 6.12. The summed E-state index contributed by atoms with van der Waals surface area (Å²) in [6, 6.07) is 0. The van der Waals surface area contributed by atoms with Crippen molar-refractivity contribution in [1.82, 2.24) is 4.90 Å². The van der Waals surface area contributed by atoms with Crippen LogP contribution in [0.25, 0.3) is 0 Å². The predicted octanol–water partition coefficient (Wildman–Crippen LogP) is 1.88. The third-order valence-corrected chi connectivity index (χ3v) is 4.30. The van der Waals surface area contributed by atoms with Gasteiger partial charge in [0, 0.05) is 38.4 Å². The van der Waals surface area contributed by atoms with Gasteiger partial charge in [0.1, 0.15) is 0 Å². The number of hydrogen-bond donors (Lipinski definition) is 1. The average Bonchev–Trinajstić information content (AvgIpc) is 2.80. The van der Waals surface area contributed by atoms with Crippen LogP contribution in [0.4, 0.5) is 0 Å². The minimum absolute atomic E-state index is 0.174. The van der Waals surface area contributed by atoms with Crippen LogP contribution in [0.3, 0.4) is 0 Å². The lowest BCUT2D eigenvalue weighted by molar-refractivity contribution is 0.0235. The molecule has 0 saturated heterocycles. The highest BCUT2D eigenvalue weighted by Gasteiger charge is 2.40. The van der Waals surface area contributed by atoms with Gasteiger partial charge in [-0.25, -0.2) is 0 Å². The molecule has 0 aromatic heterocycles. The molecule has 19 heavy (non-hydrogen) atoms. The monoisotopic (exact) mass is 272 g/mol. The van der Waals surface area contributed by atoms with Crippen LogP contribution in [0.15, 0.2) is 0 Å². The Morgan fingerprint density at radius 1 is 1.16 bits per heavy atom. The van der Waals surface area contributed by atoms with Gasteiger partial charge in [0.05, 0.1) is 13.2 Å². The van der Waals surface area contributed by atoms with E-state index in [2.05, 4.69) is 11.8 Å². The summed E-state index contributed by atoms with van der Waals surface area (Å²) in [5.41, 5.74) is 6.29. The van der Waals surface area contributed by atoms with E-state index in [9.17, 15) is 0 Å². The Hall–Kier alpha value is -0.160. The normalized spacial score (nSPS) is 27.3. The van der Waals surface area contributed by atoms with Gasteiger partial charge in [-0.1, -0.05) is 6.92 Å². The van der Waals surface area contributed by atoms with Gasteiger partial charge in [-0.15, -0.1) is 0 Å². The van der Waals surface area contributed by atoms with Gasteiger partial charge in [0.2, 0.25) is 0 Å². The molecule has 2 unspecified atom stereocenters. The van der Waals surface area contributed by atoms with Gasteiger partial charge in [-0.2, -0.15) is 0 Å². The van der Waals surface area contributed by atoms with Gasteiger partial charge >= 0.3 is 0 Å². The Kier molecular flexibility index (Phi) is 7.91. The highest BCUT2D eigenvalue weighted by Crippen LogP contribution is 2.38. The quantitative estimate of drug-likeness (QED) is 0.617. The molecule has 0 aromatic carbocycles. The zero-order valence-electron chi connectivity index (χ0n) is 13.0. The zero-order chi connectivity index (χ0) is 14.1. The Balaban J connectivity index is 2.58. The SMILES string of the molecule is CCOCCN(CCOCC)C1(CN)CCC(C)C1. The first-order valence-electron chi connectivity index (χ1n) is 7.79. The molecule has 2 N–H and O–H groups in total. The number of ether oxygens (including phenoxy) is 2. The molecule has 0 spiro atoms. The van der Waals surface area contributed by atoms with Crippen LogP contribution in [0.5, 0.6) is 0 Å². The number of nitrogens with zero attached hydrogens (tertiary/aromatic N) is 1. The van der Waals surface area contributed by atoms with Crippen LogP contribution in [0.1, 0.15) is 40.0 Å². The lowest BCUT2D eigenvalue weighted by atomic mass is 9.93. The Labute approximate surface area is 118 Å². The standard InChI is InChI=1S/C15H32N2O2/c1-4-18-10-8-17(9-11-19-5-2)15(13-16)7-6-14(3)12-15/h14H,4-13,16H2,1-3H3. The first-order valence-corrected chi connectivity index (χ1v) is 7.79. The van der Waals surface area contributed by atoms with Crippen molar-refractivity contribution in [2.24, 2.45) is 11.7 Å². The maximum absolute atomic E-state index is 6.12. The number of rotatable bonds is 10. The molecule has 0 amide bonds. The van der Waals surface area contributed by atoms with Crippen molar-refractivity contribution in [3.8, 4) is 0 Å². The van der Waals surface area contributed by atoms with Crippen LogP contribution in [-0.4, -0.2) is 56.5 Å². The first-order chi connectivity index (χ1) is 9.18. The molecule has 1 rings (SSSR count). The summed E-state index contributed by atoms with van der Waals surface area (Å²) in [5.74, 6) is 0.783. The summed E-state index contributed by atoms with van der Waals surface area (Å²) in [4.78, 5) is 2.52. The molecule has 0 bridgehead atoms. The smallest absolute Gasteiger partial charge is 0.0593 e. The molecule has 0 aliphatic heterocycles. The lowest BCUT2D eigenvalue weighted by Gasteiger charge is -2.41. The fraction of sp³-hybridized carbons (Fsp3) is 1.00. The second kappa shape index (κ2) is 8.90. The van der Waals surface area contributed by atoms with Crippen molar-refractivity contribution >= 4 is 0 Å². The third kappa shape index (κ3) is 5.03. The van der Waals surface area contributed by atoms with Crippen LogP contribution in [-0.2, 0) is 9.47 Å². The first kappa shape index (κ1) is 16.9. The number of hydrogen-bond acceptors (Lipinski definition) is 4. The molecule has 4 nitrogen and oxygen atoms in total. The van der Waals surface area contributed by atoms with Crippen molar-refractivity contribution in [3.63, 3.8) is 0 Å². The van der Waals surface area contributed by atoms with Crippen molar-refractivity contribution in [1.29, 1.82) is 0 Å². The van der Waals surface area contributed by atoms with Crippen LogP contribution in [0.2, 0.25) is 0 Å². The molecule has 0 heterocycles. The van der Waals surface area contributed by atoms with Crippen LogP contribution >= 0.6 is 0 Å². The second-order valence-electron chi connectivity index (χ2n) is 5.66.